The van der Waals surface area contributed by atoms with E-state index < -0.39 is 78.7 Å². The smallest absolute Gasteiger partial charge is 0.534 e. The average Bonchev–Trinajstić information content (AvgIpc) is 2.80. The summed E-state index contributed by atoms with van der Waals surface area (Å²) in [5.41, 5.74) is -0.603. The lowest BCUT2D eigenvalue weighted by molar-refractivity contribution is -0.153. The molecular formula is C20H23BF2N4O9. The third-order valence-electron chi connectivity index (χ3n) is 5.70. The fourth-order valence-corrected chi connectivity index (χ4v) is 3.83. The molecule has 5 amide bonds. The van der Waals surface area contributed by atoms with Gasteiger partial charge in [-0.25, -0.2) is 18.4 Å². The number of carbonyl (C=O) groups is 5. The summed E-state index contributed by atoms with van der Waals surface area (Å²) in [6.45, 7) is -0.393. The van der Waals surface area contributed by atoms with Gasteiger partial charge in [-0.1, -0.05) is 6.07 Å². The Bertz CT molecular complexity index is 1090. The summed E-state index contributed by atoms with van der Waals surface area (Å²) in [5.74, 6) is -7.58. The molecule has 3 rings (SSSR count). The van der Waals surface area contributed by atoms with Gasteiger partial charge < -0.3 is 35.4 Å². The molecule has 194 valence electrons. The molecular weight excluding hydrogens is 489 g/mol. The number of aromatic carboxylic acids is 1. The van der Waals surface area contributed by atoms with E-state index in [1.54, 1.807) is 0 Å². The van der Waals surface area contributed by atoms with Gasteiger partial charge in [0.05, 0.1) is 12.0 Å². The summed E-state index contributed by atoms with van der Waals surface area (Å²) in [5, 5.41) is 34.0. The minimum Gasteiger partial charge on any atom is -0.534 e. The number of hydrogen-bond donors (Lipinski definition) is 5. The number of carboxylic acids is 1. The predicted octanol–water partition coefficient (Wildman–Crippen LogP) is -1.94. The summed E-state index contributed by atoms with van der Waals surface area (Å²) in [4.78, 5) is 62.5. The van der Waals surface area contributed by atoms with Crippen LogP contribution in [0.2, 0.25) is 0 Å². The van der Waals surface area contributed by atoms with Crippen molar-refractivity contribution < 1.29 is 52.6 Å². The number of amides is 5. The van der Waals surface area contributed by atoms with Crippen LogP contribution in [-0.4, -0.2) is 106 Å². The monoisotopic (exact) mass is 512 g/mol. The van der Waals surface area contributed by atoms with Crippen molar-refractivity contribution in [1.29, 1.82) is 0 Å². The Labute approximate surface area is 203 Å². The molecule has 13 nitrogen and oxygen atoms in total. The lowest BCUT2D eigenvalue weighted by Crippen LogP contribution is -2.63. The van der Waals surface area contributed by atoms with E-state index in [0.717, 1.165) is 11.0 Å². The zero-order valence-corrected chi connectivity index (χ0v) is 18.9. The third kappa shape index (κ3) is 5.38. The van der Waals surface area contributed by atoms with E-state index >= 15 is 0 Å². The minimum atomic E-state index is -1.80. The van der Waals surface area contributed by atoms with E-state index in [2.05, 4.69) is 10.6 Å². The molecule has 36 heavy (non-hydrogen) atoms. The molecule has 2 aliphatic heterocycles. The Kier molecular flexibility index (Phi) is 8.09. The first kappa shape index (κ1) is 26.8. The number of hydrogen-bond acceptors (Lipinski definition) is 8. The Balaban J connectivity index is 1.70. The second-order valence-electron chi connectivity index (χ2n) is 8.15. The van der Waals surface area contributed by atoms with E-state index in [0.29, 0.717) is 4.90 Å². The van der Waals surface area contributed by atoms with Crippen LogP contribution in [0.4, 0.5) is 13.6 Å². The number of piperazine rings is 1. The highest BCUT2D eigenvalue weighted by molar-refractivity contribution is 6.47. The lowest BCUT2D eigenvalue weighted by atomic mass is 9.72. The van der Waals surface area contributed by atoms with Crippen molar-refractivity contribution in [2.75, 3.05) is 26.3 Å². The van der Waals surface area contributed by atoms with Crippen LogP contribution in [0.5, 0.6) is 5.75 Å². The van der Waals surface area contributed by atoms with Crippen molar-refractivity contribution in [3.8, 4) is 5.75 Å². The Morgan fingerprint density at radius 3 is 2.56 bits per heavy atom. The van der Waals surface area contributed by atoms with Gasteiger partial charge in [0.25, 0.3) is 0 Å². The Hall–Kier alpha value is -3.79. The van der Waals surface area contributed by atoms with Crippen molar-refractivity contribution in [1.82, 2.24) is 20.4 Å². The molecule has 0 radical (unpaired) electrons. The van der Waals surface area contributed by atoms with E-state index in [9.17, 15) is 48.0 Å². The number of fused-ring (bicyclic) bond motifs is 1. The van der Waals surface area contributed by atoms with Crippen LogP contribution >= 0.6 is 0 Å². The summed E-state index contributed by atoms with van der Waals surface area (Å²) >= 11 is 0. The summed E-state index contributed by atoms with van der Waals surface area (Å²) < 4.78 is 31.6. The number of nitrogens with zero attached hydrogens (tertiary/aromatic N) is 2. The number of rotatable bonds is 7. The molecule has 0 aliphatic carbocycles. The third-order valence-corrected chi connectivity index (χ3v) is 5.70. The van der Waals surface area contributed by atoms with Gasteiger partial charge in [0.1, 0.15) is 29.8 Å². The van der Waals surface area contributed by atoms with Crippen molar-refractivity contribution >= 4 is 36.8 Å². The molecule has 2 aliphatic rings. The number of alkyl halides is 1. The Morgan fingerprint density at radius 2 is 1.94 bits per heavy atom. The summed E-state index contributed by atoms with van der Waals surface area (Å²) in [7, 11) is -1.80. The number of imide groups is 1. The first-order chi connectivity index (χ1) is 17.0. The van der Waals surface area contributed by atoms with Gasteiger partial charge in [0.2, 0.25) is 5.91 Å². The van der Waals surface area contributed by atoms with Crippen LogP contribution in [0.3, 0.4) is 0 Å². The fraction of sp³-hybridized carbons (Fsp3) is 0.450. The van der Waals surface area contributed by atoms with Crippen molar-refractivity contribution in [3.05, 3.63) is 29.1 Å². The lowest BCUT2D eigenvalue weighted by Gasteiger charge is -2.34. The van der Waals surface area contributed by atoms with Crippen molar-refractivity contribution in [2.45, 2.75) is 31.4 Å². The molecule has 0 unspecified atom stereocenters. The first-order valence-corrected chi connectivity index (χ1v) is 10.8. The number of nitrogens with one attached hydrogen (secondary N) is 2. The number of carbonyl (C=O) groups excluding carboxylic acids is 4. The highest BCUT2D eigenvalue weighted by atomic mass is 19.1. The molecule has 3 atom stereocenters. The van der Waals surface area contributed by atoms with E-state index in [4.69, 9.17) is 4.65 Å². The quantitative estimate of drug-likeness (QED) is 0.205. The average molecular weight is 512 g/mol. The number of halogens is 2. The molecule has 5 N–H and O–H groups in total. The molecule has 0 aromatic heterocycles. The molecule has 1 aromatic rings. The second-order valence-corrected chi connectivity index (χ2v) is 8.15. The van der Waals surface area contributed by atoms with Gasteiger partial charge in [0, 0.05) is 19.6 Å². The zero-order chi connectivity index (χ0) is 26.7. The molecule has 1 aromatic carbocycles. The SMILES string of the molecule is C[C@@H](O)[C@@H](NC(=O)N1CCN(CCF)C(=O)C1=O)C(=O)N[C@H]1Cc2ccc(F)c(C(=O)O)c2OB1O. The number of aliphatic hydroxyl groups excluding tert-OH is 1. The van der Waals surface area contributed by atoms with E-state index in [1.165, 1.54) is 13.0 Å². The largest absolute Gasteiger partial charge is 0.547 e. The van der Waals surface area contributed by atoms with Gasteiger partial charge in [-0.3, -0.25) is 19.3 Å². The first-order valence-electron chi connectivity index (χ1n) is 10.8. The van der Waals surface area contributed by atoms with Crippen LogP contribution in [0.15, 0.2) is 12.1 Å². The maximum atomic E-state index is 13.9. The molecule has 0 saturated carbocycles. The highest BCUT2D eigenvalue weighted by Crippen LogP contribution is 2.32. The molecule has 0 spiro atoms. The van der Waals surface area contributed by atoms with Gasteiger partial charge in [-0.2, -0.15) is 0 Å². The van der Waals surface area contributed by atoms with Crippen LogP contribution in [0.1, 0.15) is 22.8 Å². The molecule has 2 heterocycles. The fourth-order valence-electron chi connectivity index (χ4n) is 3.83. The number of carboxylic acid groups (broad SMARTS) is 1. The van der Waals surface area contributed by atoms with Crippen LogP contribution < -0.4 is 15.3 Å². The maximum absolute atomic E-state index is 13.9. The van der Waals surface area contributed by atoms with Gasteiger partial charge in [0.15, 0.2) is 0 Å². The summed E-state index contributed by atoms with van der Waals surface area (Å²) in [6.07, 6.45) is -1.67. The molecule has 1 saturated heterocycles. The highest BCUT2D eigenvalue weighted by Gasteiger charge is 2.42. The number of urea groups is 1. The van der Waals surface area contributed by atoms with Gasteiger partial charge >= 0.3 is 30.9 Å². The molecule has 1 fully saturated rings. The molecule has 0 bridgehead atoms. The van der Waals surface area contributed by atoms with Crippen LogP contribution in [0, 0.1) is 5.82 Å². The topological polar surface area (TPSA) is 186 Å². The predicted molar refractivity (Wildman–Crippen MR) is 116 cm³/mol. The number of aliphatic hydroxyl groups is 1. The van der Waals surface area contributed by atoms with E-state index in [-0.39, 0.29) is 31.6 Å². The standard InChI is InChI=1S/C20H23BF2N4O9/c1-9(28)14(25-20(34)27-7-6-26(5-4-22)17(30)18(27)31)16(29)24-12-8-10-2-3-11(23)13(19(32)33)15(10)36-21(12)35/h2-3,9,12,14,28,35H,4-8H2,1H3,(H,24,29)(H,25,34)(H,32,33)/t9-,12+,14-/m1/s1. The van der Waals surface area contributed by atoms with Crippen molar-refractivity contribution in [2.24, 2.45) is 0 Å². The summed E-state index contributed by atoms with van der Waals surface area (Å²) in [6, 6.07) is -0.671. The van der Waals surface area contributed by atoms with Gasteiger partial charge in [-0.05, 0) is 25.0 Å². The van der Waals surface area contributed by atoms with Gasteiger partial charge in [-0.15, -0.1) is 0 Å². The van der Waals surface area contributed by atoms with E-state index in [1.807, 2.05) is 0 Å². The Morgan fingerprint density at radius 1 is 1.25 bits per heavy atom. The van der Waals surface area contributed by atoms with Crippen LogP contribution in [-0.2, 0) is 20.8 Å². The number of benzene rings is 1. The van der Waals surface area contributed by atoms with Crippen molar-refractivity contribution in [3.63, 3.8) is 0 Å². The molecule has 16 heteroatoms. The second kappa shape index (κ2) is 10.9. The van der Waals surface area contributed by atoms with Crippen LogP contribution in [0.25, 0.3) is 0 Å². The normalized spacial score (nSPS) is 19.2. The maximum Gasteiger partial charge on any atom is 0.547 e. The zero-order valence-electron chi connectivity index (χ0n) is 18.9. The minimum absolute atomic E-state index is 0.114.